The van der Waals surface area contributed by atoms with E-state index in [4.69, 9.17) is 0 Å². The van der Waals surface area contributed by atoms with Gasteiger partial charge in [-0.1, -0.05) is 19.8 Å². The number of halogens is 3. The summed E-state index contributed by atoms with van der Waals surface area (Å²) in [6, 6.07) is 2.73. The molecule has 2 amide bonds. The van der Waals surface area contributed by atoms with Crippen LogP contribution in [-0.4, -0.2) is 45.2 Å². The van der Waals surface area contributed by atoms with E-state index in [0.717, 1.165) is 12.8 Å². The van der Waals surface area contributed by atoms with Gasteiger partial charge in [0.15, 0.2) is 5.65 Å². The van der Waals surface area contributed by atoms with Crippen molar-refractivity contribution >= 4 is 17.5 Å². The molecule has 2 aromatic heterocycles. The number of carbonyl (C=O) groups excluding carboxylic acids is 2. The molecule has 10 heteroatoms. The normalized spacial score (nSPS) is 12.7. The molecule has 7 nitrogen and oxygen atoms in total. The van der Waals surface area contributed by atoms with E-state index in [9.17, 15) is 22.8 Å². The second-order valence-corrected chi connectivity index (χ2v) is 6.16. The highest BCUT2D eigenvalue weighted by molar-refractivity contribution is 5.93. The number of carbonyl (C=O) groups is 2. The summed E-state index contributed by atoms with van der Waals surface area (Å²) in [7, 11) is 0. The zero-order chi connectivity index (χ0) is 19.9. The number of alkyl halides is 3. The average Bonchev–Trinajstić information content (AvgIpc) is 3.10. The molecule has 1 unspecified atom stereocenters. The fourth-order valence-electron chi connectivity index (χ4n) is 2.54. The summed E-state index contributed by atoms with van der Waals surface area (Å²) in [4.78, 5) is 28.3. The quantitative estimate of drug-likeness (QED) is 0.694. The fraction of sp³-hybridized carbons (Fsp3) is 0.529. The van der Waals surface area contributed by atoms with E-state index in [2.05, 4.69) is 20.7 Å². The minimum absolute atomic E-state index is 0.113. The van der Waals surface area contributed by atoms with Crippen molar-refractivity contribution in [2.75, 3.05) is 6.54 Å². The summed E-state index contributed by atoms with van der Waals surface area (Å²) in [5.41, 5.74) is 0.799. The van der Waals surface area contributed by atoms with E-state index in [0.29, 0.717) is 12.1 Å². The van der Waals surface area contributed by atoms with Crippen LogP contribution in [-0.2, 0) is 4.79 Å². The molecule has 0 aliphatic heterocycles. The zero-order valence-electron chi connectivity index (χ0n) is 14.9. The van der Waals surface area contributed by atoms with Crippen LogP contribution in [0.5, 0.6) is 0 Å². The molecule has 1 atom stereocenters. The first-order valence-electron chi connectivity index (χ1n) is 8.73. The molecule has 0 fully saturated rings. The molecule has 2 N–H and O–H groups in total. The van der Waals surface area contributed by atoms with E-state index < -0.39 is 36.9 Å². The lowest BCUT2D eigenvalue weighted by atomic mass is 10.1. The molecular weight excluding hydrogens is 363 g/mol. The van der Waals surface area contributed by atoms with Crippen molar-refractivity contribution in [2.24, 2.45) is 0 Å². The van der Waals surface area contributed by atoms with Gasteiger partial charge in [-0.25, -0.2) is 9.50 Å². The number of nitrogens with one attached hydrogen (secondary N) is 2. The molecule has 148 valence electrons. The van der Waals surface area contributed by atoms with Crippen molar-refractivity contribution in [1.29, 1.82) is 0 Å². The molecule has 0 bridgehead atoms. The Morgan fingerprint density at radius 3 is 2.74 bits per heavy atom. The highest BCUT2D eigenvalue weighted by Gasteiger charge is 2.28. The molecular formula is C17H22F3N5O2. The first-order valence-corrected chi connectivity index (χ1v) is 8.73. The highest BCUT2D eigenvalue weighted by Crippen LogP contribution is 2.21. The Labute approximate surface area is 154 Å². The number of unbranched alkanes of at least 4 members (excludes halogenated alkanes) is 1. The lowest BCUT2D eigenvalue weighted by Gasteiger charge is -2.19. The van der Waals surface area contributed by atoms with E-state index in [1.54, 1.807) is 6.07 Å². The van der Waals surface area contributed by atoms with Crippen molar-refractivity contribution in [2.45, 2.75) is 51.2 Å². The third kappa shape index (κ3) is 6.54. The fourth-order valence-corrected chi connectivity index (χ4v) is 2.54. The van der Waals surface area contributed by atoms with Crippen molar-refractivity contribution < 1.29 is 22.8 Å². The predicted molar refractivity (Wildman–Crippen MR) is 92.1 cm³/mol. The van der Waals surface area contributed by atoms with Crippen LogP contribution < -0.4 is 10.6 Å². The Morgan fingerprint density at radius 1 is 1.26 bits per heavy atom. The number of amides is 2. The first-order chi connectivity index (χ1) is 12.8. The minimum atomic E-state index is -4.37. The average molecular weight is 385 g/mol. The van der Waals surface area contributed by atoms with Crippen LogP contribution in [0.2, 0.25) is 0 Å². The number of fused-ring (bicyclic) bond motifs is 1. The van der Waals surface area contributed by atoms with Gasteiger partial charge in [-0.15, -0.1) is 0 Å². The predicted octanol–water partition coefficient (Wildman–Crippen LogP) is 2.48. The lowest BCUT2D eigenvalue weighted by molar-refractivity contribution is -0.144. The van der Waals surface area contributed by atoms with Gasteiger partial charge in [0.2, 0.25) is 5.91 Å². The molecule has 0 spiro atoms. The Balaban J connectivity index is 1.94. The molecule has 2 heterocycles. The molecule has 0 radical (unpaired) electrons. The maximum atomic E-state index is 12.4. The smallest absolute Gasteiger partial charge is 0.352 e. The van der Waals surface area contributed by atoms with Crippen LogP contribution >= 0.6 is 0 Å². The third-order valence-corrected chi connectivity index (χ3v) is 3.94. The molecule has 0 aliphatic carbocycles. The zero-order valence-corrected chi connectivity index (χ0v) is 14.9. The van der Waals surface area contributed by atoms with Crippen LogP contribution in [0.1, 0.15) is 49.5 Å². The second kappa shape index (κ2) is 9.33. The monoisotopic (exact) mass is 385 g/mol. The van der Waals surface area contributed by atoms with Gasteiger partial charge in [-0.3, -0.25) is 9.59 Å². The van der Waals surface area contributed by atoms with Crippen molar-refractivity contribution in [1.82, 2.24) is 25.2 Å². The molecule has 0 saturated carbocycles. The number of rotatable bonds is 9. The summed E-state index contributed by atoms with van der Waals surface area (Å²) in [6.07, 6.45) is -0.968. The van der Waals surface area contributed by atoms with Crippen molar-refractivity contribution in [3.8, 4) is 0 Å². The number of nitrogens with zero attached hydrogens (tertiary/aromatic N) is 3. The highest BCUT2D eigenvalue weighted by atomic mass is 19.4. The topological polar surface area (TPSA) is 88.4 Å². The Bertz CT molecular complexity index is 775. The summed E-state index contributed by atoms with van der Waals surface area (Å²) in [5, 5.41) is 9.31. The summed E-state index contributed by atoms with van der Waals surface area (Å²) < 4.78 is 38.1. The Morgan fingerprint density at radius 2 is 2.04 bits per heavy atom. The molecule has 27 heavy (non-hydrogen) atoms. The van der Waals surface area contributed by atoms with Crippen molar-refractivity contribution in [3.63, 3.8) is 0 Å². The van der Waals surface area contributed by atoms with E-state index in [1.807, 2.05) is 6.92 Å². The SMILES string of the molecule is CCCCC(CNC(=O)c1ccnc2ccnn12)NC(=O)CCC(F)(F)F. The number of hydrogen-bond acceptors (Lipinski definition) is 4. The summed E-state index contributed by atoms with van der Waals surface area (Å²) in [6.45, 7) is 2.08. The van der Waals surface area contributed by atoms with Gasteiger partial charge >= 0.3 is 6.18 Å². The largest absolute Gasteiger partial charge is 0.389 e. The van der Waals surface area contributed by atoms with Crippen LogP contribution in [0, 0.1) is 0 Å². The Kier molecular flexibility index (Phi) is 7.14. The maximum absolute atomic E-state index is 12.4. The Hall–Kier alpha value is -2.65. The minimum Gasteiger partial charge on any atom is -0.352 e. The van der Waals surface area contributed by atoms with Crippen LogP contribution in [0.4, 0.5) is 13.2 Å². The van der Waals surface area contributed by atoms with Gasteiger partial charge in [-0.05, 0) is 12.5 Å². The summed E-state index contributed by atoms with van der Waals surface area (Å²) in [5.74, 6) is -1.09. The van der Waals surface area contributed by atoms with Crippen LogP contribution in [0.25, 0.3) is 5.65 Å². The van der Waals surface area contributed by atoms with E-state index >= 15 is 0 Å². The maximum Gasteiger partial charge on any atom is 0.389 e. The van der Waals surface area contributed by atoms with Gasteiger partial charge in [-0.2, -0.15) is 18.3 Å². The van der Waals surface area contributed by atoms with Gasteiger partial charge in [0.05, 0.1) is 12.6 Å². The molecule has 0 saturated heterocycles. The standard InChI is InChI=1S/C17H22F3N5O2/c1-2-3-4-12(24-15(26)5-8-17(18,19)20)11-22-16(27)13-6-9-21-14-7-10-23-25(13)14/h6-7,9-10,12H,2-5,8,11H2,1H3,(H,22,27)(H,24,26). The van der Waals surface area contributed by atoms with Gasteiger partial charge in [0.25, 0.3) is 5.91 Å². The van der Waals surface area contributed by atoms with E-state index in [-0.39, 0.29) is 12.2 Å². The van der Waals surface area contributed by atoms with Gasteiger partial charge in [0.1, 0.15) is 5.69 Å². The van der Waals surface area contributed by atoms with Gasteiger partial charge < -0.3 is 10.6 Å². The number of aromatic nitrogens is 3. The van der Waals surface area contributed by atoms with Gasteiger partial charge in [0, 0.05) is 31.3 Å². The number of hydrogen-bond donors (Lipinski definition) is 2. The van der Waals surface area contributed by atoms with Crippen LogP contribution in [0.15, 0.2) is 24.5 Å². The molecule has 0 aromatic carbocycles. The second-order valence-electron chi connectivity index (χ2n) is 6.16. The molecule has 2 aromatic rings. The van der Waals surface area contributed by atoms with Crippen molar-refractivity contribution in [3.05, 3.63) is 30.2 Å². The molecule has 0 aliphatic rings. The first kappa shape index (κ1) is 20.7. The third-order valence-electron chi connectivity index (χ3n) is 3.94. The summed E-state index contributed by atoms with van der Waals surface area (Å²) >= 11 is 0. The lowest BCUT2D eigenvalue weighted by Crippen LogP contribution is -2.44. The van der Waals surface area contributed by atoms with Crippen LogP contribution in [0.3, 0.4) is 0 Å². The molecule has 2 rings (SSSR count). The van der Waals surface area contributed by atoms with E-state index in [1.165, 1.54) is 23.0 Å².